The monoisotopic (exact) mass is 388 g/mol. The lowest BCUT2D eigenvalue weighted by Gasteiger charge is -2.25. The van der Waals surface area contributed by atoms with Crippen LogP contribution in [0.1, 0.15) is 47.6 Å². The molecule has 2 amide bonds. The van der Waals surface area contributed by atoms with E-state index in [2.05, 4.69) is 5.32 Å². The molecule has 0 bridgehead atoms. The van der Waals surface area contributed by atoms with Crippen LogP contribution >= 0.6 is 11.6 Å². The summed E-state index contributed by atoms with van der Waals surface area (Å²) in [6.45, 7) is 1.15. The Morgan fingerprint density at radius 1 is 1.11 bits per heavy atom. The number of nitrogens with zero attached hydrogens (tertiary/aromatic N) is 1. The van der Waals surface area contributed by atoms with Crippen molar-refractivity contribution in [2.75, 3.05) is 13.1 Å². The maximum Gasteiger partial charge on any atom is 0.251 e. The van der Waals surface area contributed by atoms with E-state index < -0.39 is 0 Å². The minimum atomic E-state index is -0.272. The molecule has 4 nitrogen and oxygen atoms in total. The molecule has 1 N–H and O–H groups in total. The molecule has 2 aromatic carbocycles. The summed E-state index contributed by atoms with van der Waals surface area (Å²) >= 11 is 5.81. The maximum absolute atomic E-state index is 13.1. The predicted octanol–water partition coefficient (Wildman–Crippen LogP) is 4.35. The molecule has 1 aliphatic rings. The van der Waals surface area contributed by atoms with E-state index in [9.17, 15) is 14.0 Å². The molecule has 1 atom stereocenters. The fourth-order valence-corrected chi connectivity index (χ4v) is 3.51. The summed E-state index contributed by atoms with van der Waals surface area (Å²) in [7, 11) is 0. The zero-order chi connectivity index (χ0) is 19.2. The zero-order valence-corrected chi connectivity index (χ0v) is 15.7. The van der Waals surface area contributed by atoms with Gasteiger partial charge in [0.05, 0.1) is 6.04 Å². The van der Waals surface area contributed by atoms with E-state index in [1.165, 1.54) is 12.1 Å². The van der Waals surface area contributed by atoms with E-state index in [4.69, 9.17) is 11.6 Å². The molecule has 2 aromatic rings. The van der Waals surface area contributed by atoms with Gasteiger partial charge in [0.1, 0.15) is 5.82 Å². The Labute approximate surface area is 163 Å². The van der Waals surface area contributed by atoms with E-state index in [-0.39, 0.29) is 23.7 Å². The predicted molar refractivity (Wildman–Crippen MR) is 103 cm³/mol. The molecule has 0 radical (unpaired) electrons. The van der Waals surface area contributed by atoms with Crippen molar-refractivity contribution >= 4 is 23.4 Å². The van der Waals surface area contributed by atoms with Crippen molar-refractivity contribution in [3.05, 3.63) is 70.5 Å². The fraction of sp³-hybridized carbons (Fsp3) is 0.333. The maximum atomic E-state index is 13.1. The average molecular weight is 389 g/mol. The molecule has 0 aromatic heterocycles. The van der Waals surface area contributed by atoms with Crippen molar-refractivity contribution in [2.45, 2.75) is 31.7 Å². The Hall–Kier alpha value is -2.40. The first kappa shape index (κ1) is 19.4. The number of nitrogens with one attached hydrogen (secondary N) is 1. The summed E-state index contributed by atoms with van der Waals surface area (Å²) in [5.41, 5.74) is 1.51. The van der Waals surface area contributed by atoms with Gasteiger partial charge in [-0.05, 0) is 61.2 Å². The standard InChI is InChI=1S/C21H22ClFN2O2/c22-17-9-5-16(6-10-17)21(27)24-13-1-4-20(26)25-14-2-3-19(25)15-7-11-18(23)12-8-15/h5-12,19H,1-4,13-14H2,(H,24,27). The minimum Gasteiger partial charge on any atom is -0.352 e. The van der Waals surface area contributed by atoms with Crippen LogP contribution in [0, 0.1) is 5.82 Å². The fourth-order valence-electron chi connectivity index (χ4n) is 3.39. The second kappa shape index (κ2) is 9.00. The molecule has 6 heteroatoms. The molecule has 1 fully saturated rings. The second-order valence-corrected chi connectivity index (χ2v) is 7.10. The number of carbonyl (C=O) groups is 2. The third-order valence-corrected chi connectivity index (χ3v) is 5.04. The molecule has 0 saturated carbocycles. The van der Waals surface area contributed by atoms with Crippen molar-refractivity contribution in [1.29, 1.82) is 0 Å². The topological polar surface area (TPSA) is 49.4 Å². The first-order valence-electron chi connectivity index (χ1n) is 9.13. The summed E-state index contributed by atoms with van der Waals surface area (Å²) in [5, 5.41) is 3.40. The van der Waals surface area contributed by atoms with Crippen molar-refractivity contribution in [2.24, 2.45) is 0 Å². The molecule has 3 rings (SSSR count). The van der Waals surface area contributed by atoms with Crippen LogP contribution < -0.4 is 5.32 Å². The van der Waals surface area contributed by atoms with Gasteiger partial charge in [0, 0.05) is 30.1 Å². The Morgan fingerprint density at radius 3 is 2.52 bits per heavy atom. The van der Waals surface area contributed by atoms with Gasteiger partial charge in [-0.2, -0.15) is 0 Å². The van der Waals surface area contributed by atoms with Crippen LogP contribution in [-0.2, 0) is 4.79 Å². The van der Waals surface area contributed by atoms with Gasteiger partial charge in [-0.1, -0.05) is 23.7 Å². The van der Waals surface area contributed by atoms with Gasteiger partial charge in [-0.15, -0.1) is 0 Å². The van der Waals surface area contributed by atoms with Crippen LogP contribution in [0.2, 0.25) is 5.02 Å². The quantitative estimate of drug-likeness (QED) is 0.748. The molecule has 1 heterocycles. The molecular formula is C21H22ClFN2O2. The van der Waals surface area contributed by atoms with E-state index in [0.29, 0.717) is 30.0 Å². The number of rotatable bonds is 6. The highest BCUT2D eigenvalue weighted by molar-refractivity contribution is 6.30. The highest BCUT2D eigenvalue weighted by Gasteiger charge is 2.29. The van der Waals surface area contributed by atoms with Gasteiger partial charge >= 0.3 is 0 Å². The molecule has 27 heavy (non-hydrogen) atoms. The first-order chi connectivity index (χ1) is 13.0. The second-order valence-electron chi connectivity index (χ2n) is 6.66. The molecule has 1 unspecified atom stereocenters. The third-order valence-electron chi connectivity index (χ3n) is 4.79. The highest BCUT2D eigenvalue weighted by atomic mass is 35.5. The lowest BCUT2D eigenvalue weighted by Crippen LogP contribution is -2.31. The van der Waals surface area contributed by atoms with Crippen LogP contribution in [0.3, 0.4) is 0 Å². The molecule has 0 spiro atoms. The number of carbonyl (C=O) groups excluding carboxylic acids is 2. The van der Waals surface area contributed by atoms with Crippen LogP contribution in [0.15, 0.2) is 48.5 Å². The Morgan fingerprint density at radius 2 is 1.81 bits per heavy atom. The van der Waals surface area contributed by atoms with Crippen LogP contribution in [0.5, 0.6) is 0 Å². The van der Waals surface area contributed by atoms with Crippen molar-refractivity contribution in [1.82, 2.24) is 10.2 Å². The van der Waals surface area contributed by atoms with Gasteiger partial charge in [-0.3, -0.25) is 9.59 Å². The Bertz CT molecular complexity index is 793. The third kappa shape index (κ3) is 5.07. The zero-order valence-electron chi connectivity index (χ0n) is 15.0. The molecule has 142 valence electrons. The summed E-state index contributed by atoms with van der Waals surface area (Å²) in [4.78, 5) is 26.5. The largest absolute Gasteiger partial charge is 0.352 e. The van der Waals surface area contributed by atoms with Crippen molar-refractivity contribution in [3.63, 3.8) is 0 Å². The van der Waals surface area contributed by atoms with Crippen LogP contribution in [0.4, 0.5) is 4.39 Å². The minimum absolute atomic E-state index is 0.0155. The number of hydrogen-bond acceptors (Lipinski definition) is 2. The SMILES string of the molecule is O=C(NCCCC(=O)N1CCCC1c1ccc(F)cc1)c1ccc(Cl)cc1. The lowest BCUT2D eigenvalue weighted by molar-refractivity contribution is -0.132. The summed E-state index contributed by atoms with van der Waals surface area (Å²) in [6.07, 6.45) is 2.79. The van der Waals surface area contributed by atoms with Crippen molar-refractivity contribution in [3.8, 4) is 0 Å². The number of hydrogen-bond donors (Lipinski definition) is 1. The molecule has 1 aliphatic heterocycles. The van der Waals surface area contributed by atoms with Gasteiger partial charge in [0.25, 0.3) is 5.91 Å². The van der Waals surface area contributed by atoms with Gasteiger partial charge in [-0.25, -0.2) is 4.39 Å². The van der Waals surface area contributed by atoms with E-state index in [1.54, 1.807) is 36.4 Å². The van der Waals surface area contributed by atoms with Crippen LogP contribution in [-0.4, -0.2) is 29.8 Å². The number of benzene rings is 2. The number of halogens is 2. The van der Waals surface area contributed by atoms with Crippen molar-refractivity contribution < 1.29 is 14.0 Å². The molecular weight excluding hydrogens is 367 g/mol. The summed E-state index contributed by atoms with van der Waals surface area (Å²) < 4.78 is 13.1. The Kier molecular flexibility index (Phi) is 6.45. The Balaban J connectivity index is 1.46. The normalized spacial score (nSPS) is 16.4. The number of amides is 2. The van der Waals surface area contributed by atoms with Gasteiger partial charge < -0.3 is 10.2 Å². The van der Waals surface area contributed by atoms with Gasteiger partial charge in [0.15, 0.2) is 0 Å². The summed E-state index contributed by atoms with van der Waals surface area (Å²) in [5.74, 6) is -0.377. The average Bonchev–Trinajstić information content (AvgIpc) is 3.16. The van der Waals surface area contributed by atoms with E-state index in [1.807, 2.05) is 4.90 Å². The smallest absolute Gasteiger partial charge is 0.251 e. The van der Waals surface area contributed by atoms with E-state index in [0.717, 1.165) is 24.9 Å². The summed E-state index contributed by atoms with van der Waals surface area (Å²) in [6, 6.07) is 13.1. The van der Waals surface area contributed by atoms with Gasteiger partial charge in [0.2, 0.25) is 5.91 Å². The van der Waals surface area contributed by atoms with Crippen LogP contribution in [0.25, 0.3) is 0 Å². The highest BCUT2D eigenvalue weighted by Crippen LogP contribution is 2.32. The molecule has 1 saturated heterocycles. The lowest BCUT2D eigenvalue weighted by atomic mass is 10.0. The molecule has 0 aliphatic carbocycles. The van der Waals surface area contributed by atoms with E-state index >= 15 is 0 Å². The number of likely N-dealkylation sites (tertiary alicyclic amines) is 1. The first-order valence-corrected chi connectivity index (χ1v) is 9.51.